The number of carbonyl (C=O) groups excluding carboxylic acids is 2. The molecule has 2 aromatic carbocycles. The first-order chi connectivity index (χ1) is 13.9. The van der Waals surface area contributed by atoms with E-state index in [0.29, 0.717) is 23.7 Å². The number of benzene rings is 2. The van der Waals surface area contributed by atoms with Crippen LogP contribution in [0.5, 0.6) is 11.5 Å². The van der Waals surface area contributed by atoms with Crippen molar-refractivity contribution in [2.24, 2.45) is 5.10 Å². The van der Waals surface area contributed by atoms with Crippen LogP contribution in [-0.2, 0) is 16.2 Å². The standard InChI is InChI=1S/C22H27N3O4/c1-5-16(3)24-21(26)22(27)25-23-13-18-10-11-19(20(12-18)28-4)29-14-17-8-6-15(2)7-9-17/h6-13,16H,5,14H2,1-4H3,(H,24,26)(H,25,27)/b23-13-/t16-/m1/s1. The minimum Gasteiger partial charge on any atom is -0.493 e. The lowest BCUT2D eigenvalue weighted by molar-refractivity contribution is -0.139. The second-order valence-electron chi connectivity index (χ2n) is 6.67. The minimum absolute atomic E-state index is 0.0751. The first kappa shape index (κ1) is 21.9. The van der Waals surface area contributed by atoms with Crippen molar-refractivity contribution in [3.63, 3.8) is 0 Å². The van der Waals surface area contributed by atoms with Gasteiger partial charge in [-0.15, -0.1) is 0 Å². The predicted octanol–water partition coefficient (Wildman–Crippen LogP) is 2.95. The molecule has 7 heteroatoms. The summed E-state index contributed by atoms with van der Waals surface area (Å²) in [7, 11) is 1.55. The van der Waals surface area contributed by atoms with Crippen LogP contribution in [0, 0.1) is 6.92 Å². The van der Waals surface area contributed by atoms with Crippen LogP contribution in [0.25, 0.3) is 0 Å². The zero-order valence-corrected chi connectivity index (χ0v) is 17.2. The van der Waals surface area contributed by atoms with Gasteiger partial charge in [-0.2, -0.15) is 5.10 Å². The average Bonchev–Trinajstić information content (AvgIpc) is 2.73. The summed E-state index contributed by atoms with van der Waals surface area (Å²) in [5.41, 5.74) is 5.15. The Kier molecular flexibility index (Phi) is 8.21. The number of methoxy groups -OCH3 is 1. The molecule has 1 atom stereocenters. The van der Waals surface area contributed by atoms with Gasteiger partial charge in [0.05, 0.1) is 13.3 Å². The number of nitrogens with one attached hydrogen (secondary N) is 2. The van der Waals surface area contributed by atoms with Gasteiger partial charge in [-0.05, 0) is 49.6 Å². The van der Waals surface area contributed by atoms with Gasteiger partial charge in [0, 0.05) is 6.04 Å². The summed E-state index contributed by atoms with van der Waals surface area (Å²) in [6, 6.07) is 13.3. The average molecular weight is 397 g/mol. The molecule has 0 heterocycles. The van der Waals surface area contributed by atoms with Crippen LogP contribution in [0.3, 0.4) is 0 Å². The molecule has 7 nitrogen and oxygen atoms in total. The molecule has 0 aliphatic heterocycles. The number of rotatable bonds is 8. The van der Waals surface area contributed by atoms with E-state index in [1.165, 1.54) is 11.8 Å². The van der Waals surface area contributed by atoms with E-state index >= 15 is 0 Å². The van der Waals surface area contributed by atoms with Crippen LogP contribution in [-0.4, -0.2) is 31.2 Å². The van der Waals surface area contributed by atoms with E-state index in [1.807, 2.05) is 45.0 Å². The summed E-state index contributed by atoms with van der Waals surface area (Å²) < 4.78 is 11.2. The first-order valence-electron chi connectivity index (χ1n) is 9.43. The molecule has 0 fully saturated rings. The number of carbonyl (C=O) groups is 2. The maximum absolute atomic E-state index is 11.7. The Morgan fingerprint density at radius 2 is 1.83 bits per heavy atom. The van der Waals surface area contributed by atoms with E-state index in [4.69, 9.17) is 9.47 Å². The van der Waals surface area contributed by atoms with Gasteiger partial charge < -0.3 is 14.8 Å². The minimum atomic E-state index is -0.813. The van der Waals surface area contributed by atoms with E-state index < -0.39 is 11.8 Å². The highest BCUT2D eigenvalue weighted by Crippen LogP contribution is 2.28. The van der Waals surface area contributed by atoms with Crippen molar-refractivity contribution >= 4 is 18.0 Å². The number of hydrogen-bond acceptors (Lipinski definition) is 5. The number of ether oxygens (including phenoxy) is 2. The number of amides is 2. The van der Waals surface area contributed by atoms with E-state index in [-0.39, 0.29) is 6.04 Å². The van der Waals surface area contributed by atoms with Crippen LogP contribution < -0.4 is 20.2 Å². The highest BCUT2D eigenvalue weighted by Gasteiger charge is 2.14. The lowest BCUT2D eigenvalue weighted by Gasteiger charge is -2.11. The Morgan fingerprint density at radius 1 is 1.10 bits per heavy atom. The van der Waals surface area contributed by atoms with Gasteiger partial charge in [0.1, 0.15) is 6.61 Å². The summed E-state index contributed by atoms with van der Waals surface area (Å²) in [4.78, 5) is 23.4. The third-order valence-corrected chi connectivity index (χ3v) is 4.28. The van der Waals surface area contributed by atoms with E-state index in [9.17, 15) is 9.59 Å². The predicted molar refractivity (Wildman–Crippen MR) is 112 cm³/mol. The number of hydrogen-bond donors (Lipinski definition) is 2. The van der Waals surface area contributed by atoms with Gasteiger partial charge in [0.2, 0.25) is 0 Å². The van der Waals surface area contributed by atoms with Crippen LogP contribution in [0.15, 0.2) is 47.6 Å². The molecule has 0 radical (unpaired) electrons. The van der Waals surface area contributed by atoms with Gasteiger partial charge in [-0.1, -0.05) is 36.8 Å². The monoisotopic (exact) mass is 397 g/mol. The maximum atomic E-state index is 11.7. The van der Waals surface area contributed by atoms with Crippen LogP contribution in [0.4, 0.5) is 0 Å². The summed E-state index contributed by atoms with van der Waals surface area (Å²) in [6.45, 7) is 6.20. The first-order valence-corrected chi connectivity index (χ1v) is 9.43. The van der Waals surface area contributed by atoms with E-state index in [0.717, 1.165) is 12.0 Å². The molecule has 2 N–H and O–H groups in total. The van der Waals surface area contributed by atoms with E-state index in [2.05, 4.69) is 15.8 Å². The Hall–Kier alpha value is -3.35. The molecule has 0 aliphatic carbocycles. The molecular formula is C22H27N3O4. The molecule has 0 saturated carbocycles. The molecule has 154 valence electrons. The fraction of sp³-hybridized carbons (Fsp3) is 0.318. The quantitative estimate of drug-likeness (QED) is 0.407. The largest absolute Gasteiger partial charge is 0.493 e. The molecule has 29 heavy (non-hydrogen) atoms. The summed E-state index contributed by atoms with van der Waals surface area (Å²) in [6.07, 6.45) is 2.17. The molecule has 0 unspecified atom stereocenters. The molecular weight excluding hydrogens is 370 g/mol. The fourth-order valence-corrected chi connectivity index (χ4v) is 2.34. The fourth-order valence-electron chi connectivity index (χ4n) is 2.34. The highest BCUT2D eigenvalue weighted by atomic mass is 16.5. The maximum Gasteiger partial charge on any atom is 0.329 e. The summed E-state index contributed by atoms with van der Waals surface area (Å²) >= 11 is 0. The van der Waals surface area contributed by atoms with Crippen molar-refractivity contribution in [3.8, 4) is 11.5 Å². The third kappa shape index (κ3) is 6.95. The molecule has 0 spiro atoms. The van der Waals surface area contributed by atoms with Gasteiger partial charge in [0.15, 0.2) is 11.5 Å². The van der Waals surface area contributed by atoms with Crippen molar-refractivity contribution in [3.05, 3.63) is 59.2 Å². The number of aryl methyl sites for hydroxylation is 1. The van der Waals surface area contributed by atoms with Gasteiger partial charge in [-0.25, -0.2) is 5.43 Å². The molecule has 0 aliphatic rings. The topological polar surface area (TPSA) is 89.0 Å². The lowest BCUT2D eigenvalue weighted by atomic mass is 10.2. The molecule has 0 bridgehead atoms. The number of nitrogens with zero attached hydrogens (tertiary/aromatic N) is 1. The zero-order chi connectivity index (χ0) is 21.2. The van der Waals surface area contributed by atoms with Crippen LogP contribution >= 0.6 is 0 Å². The Morgan fingerprint density at radius 3 is 2.48 bits per heavy atom. The molecule has 2 amide bonds. The number of hydrazone groups is 1. The van der Waals surface area contributed by atoms with Gasteiger partial charge >= 0.3 is 11.8 Å². The van der Waals surface area contributed by atoms with Crippen LogP contribution in [0.1, 0.15) is 37.0 Å². The second kappa shape index (κ2) is 10.8. The Labute approximate surface area is 171 Å². The van der Waals surface area contributed by atoms with Crippen LogP contribution in [0.2, 0.25) is 0 Å². The summed E-state index contributed by atoms with van der Waals surface area (Å²) in [5.74, 6) is -0.385. The van der Waals surface area contributed by atoms with Crippen molar-refractivity contribution < 1.29 is 19.1 Å². The van der Waals surface area contributed by atoms with E-state index in [1.54, 1.807) is 25.3 Å². The van der Waals surface area contributed by atoms with Crippen molar-refractivity contribution in [2.75, 3.05) is 7.11 Å². The second-order valence-corrected chi connectivity index (χ2v) is 6.67. The molecule has 0 saturated heterocycles. The van der Waals surface area contributed by atoms with Gasteiger partial charge in [0.25, 0.3) is 0 Å². The SMILES string of the molecule is CC[C@@H](C)NC(=O)C(=O)N/N=C\c1ccc(OCc2ccc(C)cc2)c(OC)c1. The lowest BCUT2D eigenvalue weighted by Crippen LogP contribution is -2.41. The van der Waals surface area contributed by atoms with Crippen molar-refractivity contribution in [2.45, 2.75) is 39.8 Å². The molecule has 0 aromatic heterocycles. The normalized spacial score (nSPS) is 11.7. The Balaban J connectivity index is 1.95. The highest BCUT2D eigenvalue weighted by molar-refractivity contribution is 6.35. The van der Waals surface area contributed by atoms with Crippen molar-refractivity contribution in [1.29, 1.82) is 0 Å². The van der Waals surface area contributed by atoms with Gasteiger partial charge in [-0.3, -0.25) is 9.59 Å². The smallest absolute Gasteiger partial charge is 0.329 e. The zero-order valence-electron chi connectivity index (χ0n) is 17.2. The summed E-state index contributed by atoms with van der Waals surface area (Å²) in [5, 5.41) is 6.39. The van der Waals surface area contributed by atoms with Crippen molar-refractivity contribution in [1.82, 2.24) is 10.7 Å². The molecule has 2 rings (SSSR count). The molecule has 2 aromatic rings. The third-order valence-electron chi connectivity index (χ3n) is 4.28. The Bertz CT molecular complexity index is 863.